The van der Waals surface area contributed by atoms with Gasteiger partial charge in [0.25, 0.3) is 0 Å². The number of benzene rings is 1. The number of aromatic hydroxyl groups is 1. The van der Waals surface area contributed by atoms with Gasteiger partial charge in [0, 0.05) is 29.8 Å². The number of hydrogen-bond acceptors (Lipinski definition) is 3. The molecule has 2 fully saturated rings. The fourth-order valence-electron chi connectivity index (χ4n) is 6.96. The van der Waals surface area contributed by atoms with E-state index in [4.69, 9.17) is 5.73 Å². The van der Waals surface area contributed by atoms with Gasteiger partial charge in [-0.05, 0) is 73.5 Å². The van der Waals surface area contributed by atoms with Crippen molar-refractivity contribution in [3.63, 3.8) is 0 Å². The van der Waals surface area contributed by atoms with Crippen LogP contribution in [-0.2, 0) is 21.4 Å². The highest BCUT2D eigenvalue weighted by Crippen LogP contribution is 2.57. The molecule has 31 heavy (non-hydrogen) atoms. The molecule has 1 aromatic carbocycles. The monoisotopic (exact) mass is 426 g/mol. The van der Waals surface area contributed by atoms with Crippen molar-refractivity contribution in [2.45, 2.75) is 84.1 Å². The van der Waals surface area contributed by atoms with Gasteiger partial charge in [0.05, 0.1) is 0 Å². The zero-order valence-electron chi connectivity index (χ0n) is 19.5. The summed E-state index contributed by atoms with van der Waals surface area (Å²) < 4.78 is 0. The maximum Gasteiger partial charge on any atom is 0.225 e. The number of piperidine rings is 1. The minimum atomic E-state index is -0.199. The summed E-state index contributed by atoms with van der Waals surface area (Å²) in [6, 6.07) is 5.97. The number of carbonyl (C=O) groups is 2. The van der Waals surface area contributed by atoms with Gasteiger partial charge >= 0.3 is 0 Å². The van der Waals surface area contributed by atoms with Crippen LogP contribution in [0.25, 0.3) is 0 Å². The molecule has 170 valence electrons. The Bertz CT molecular complexity index is 871. The molecule has 5 heteroatoms. The Hall–Kier alpha value is -2.04. The van der Waals surface area contributed by atoms with Crippen molar-refractivity contribution in [1.82, 2.24) is 4.90 Å². The van der Waals surface area contributed by atoms with E-state index in [1.165, 1.54) is 5.56 Å². The maximum absolute atomic E-state index is 13.7. The van der Waals surface area contributed by atoms with Crippen molar-refractivity contribution >= 4 is 11.8 Å². The lowest BCUT2D eigenvalue weighted by atomic mass is 9.51. The molecule has 4 rings (SSSR count). The molecule has 1 saturated heterocycles. The van der Waals surface area contributed by atoms with Crippen molar-refractivity contribution in [3.8, 4) is 5.75 Å². The zero-order chi connectivity index (χ0) is 22.6. The average Bonchev–Trinajstić information content (AvgIpc) is 2.72. The van der Waals surface area contributed by atoms with Gasteiger partial charge in [-0.2, -0.15) is 0 Å². The predicted molar refractivity (Wildman–Crippen MR) is 121 cm³/mol. The highest BCUT2D eigenvalue weighted by atomic mass is 16.3. The first-order valence-corrected chi connectivity index (χ1v) is 12.0. The normalized spacial score (nSPS) is 32.8. The molecule has 3 N–H and O–H groups in total. The van der Waals surface area contributed by atoms with E-state index in [0.29, 0.717) is 18.1 Å². The van der Waals surface area contributed by atoms with E-state index in [9.17, 15) is 14.7 Å². The van der Waals surface area contributed by atoms with Crippen LogP contribution in [0.3, 0.4) is 0 Å². The molecule has 1 aromatic rings. The Balaban J connectivity index is 1.54. The lowest BCUT2D eigenvalue weighted by molar-refractivity contribution is -0.149. The number of primary amides is 1. The summed E-state index contributed by atoms with van der Waals surface area (Å²) in [4.78, 5) is 27.6. The van der Waals surface area contributed by atoms with Gasteiger partial charge in [-0.25, -0.2) is 0 Å². The summed E-state index contributed by atoms with van der Waals surface area (Å²) in [5, 5.41) is 10.6. The van der Waals surface area contributed by atoms with Crippen molar-refractivity contribution in [2.75, 3.05) is 6.54 Å². The minimum Gasteiger partial charge on any atom is -0.508 e. The van der Waals surface area contributed by atoms with Crippen LogP contribution in [0.1, 0.15) is 77.3 Å². The second-order valence-electron chi connectivity index (χ2n) is 10.9. The van der Waals surface area contributed by atoms with Gasteiger partial charge in [0.15, 0.2) is 0 Å². The van der Waals surface area contributed by atoms with Crippen LogP contribution in [0.15, 0.2) is 18.2 Å². The third kappa shape index (κ3) is 3.35. The summed E-state index contributed by atoms with van der Waals surface area (Å²) in [5.74, 6) is 0.706. The first-order chi connectivity index (χ1) is 14.6. The largest absolute Gasteiger partial charge is 0.508 e. The molecule has 0 aromatic heterocycles. The Morgan fingerprint density at radius 1 is 1.19 bits per heavy atom. The summed E-state index contributed by atoms with van der Waals surface area (Å²) in [6.07, 6.45) is 5.90. The molecular weight excluding hydrogens is 388 g/mol. The number of nitrogens with two attached hydrogens (primary N) is 1. The van der Waals surface area contributed by atoms with E-state index in [-0.39, 0.29) is 40.5 Å². The standard InChI is InChI=1S/C26H38N2O3/c1-5-18(23(27)30)16-9-11-17(12-10-16)24(31)28-14-13-26(4)20-7-6-8-21(29)19(20)15-22(28)25(26,2)3/h6-8,16-18,22,29H,5,9-15H2,1-4H3,(H2,27,30)/t16-,17+,18?,22-,26+/m1/s1. The van der Waals surface area contributed by atoms with Gasteiger partial charge in [-0.1, -0.05) is 39.8 Å². The Kier molecular flexibility index (Phi) is 5.60. The molecule has 1 aliphatic heterocycles. The molecule has 0 spiro atoms. The van der Waals surface area contributed by atoms with E-state index in [2.05, 4.69) is 31.7 Å². The Labute approximate surface area is 186 Å². The van der Waals surface area contributed by atoms with Gasteiger partial charge in [-0.15, -0.1) is 0 Å². The SMILES string of the molecule is CCC(C(N)=O)[C@H]1CC[C@@H](C(=O)N2CC[C@@]3(C)c4cccc(O)c4C[C@@H]2C3(C)C)CC1. The van der Waals surface area contributed by atoms with Crippen LogP contribution in [0.2, 0.25) is 0 Å². The molecule has 5 nitrogen and oxygen atoms in total. The van der Waals surface area contributed by atoms with Crippen molar-refractivity contribution in [3.05, 3.63) is 29.3 Å². The highest BCUT2D eigenvalue weighted by Gasteiger charge is 2.57. The fourth-order valence-corrected chi connectivity index (χ4v) is 6.96. The van der Waals surface area contributed by atoms with E-state index in [1.54, 1.807) is 6.07 Å². The first kappa shape index (κ1) is 22.2. The lowest BCUT2D eigenvalue weighted by Gasteiger charge is -2.61. The van der Waals surface area contributed by atoms with Crippen LogP contribution in [0, 0.1) is 23.2 Å². The zero-order valence-corrected chi connectivity index (χ0v) is 19.5. The third-order valence-electron chi connectivity index (χ3n) is 9.41. The van der Waals surface area contributed by atoms with Gasteiger partial charge in [0.2, 0.25) is 11.8 Å². The topological polar surface area (TPSA) is 83.6 Å². The summed E-state index contributed by atoms with van der Waals surface area (Å²) in [5.41, 5.74) is 7.74. The van der Waals surface area contributed by atoms with Crippen LogP contribution in [0.4, 0.5) is 0 Å². The van der Waals surface area contributed by atoms with Crippen LogP contribution >= 0.6 is 0 Å². The van der Waals surface area contributed by atoms with Crippen LogP contribution in [0.5, 0.6) is 5.75 Å². The molecule has 2 bridgehead atoms. The number of carbonyl (C=O) groups excluding carboxylic acids is 2. The van der Waals surface area contributed by atoms with Crippen molar-refractivity contribution < 1.29 is 14.7 Å². The number of phenols is 1. The van der Waals surface area contributed by atoms with Gasteiger partial charge < -0.3 is 15.7 Å². The van der Waals surface area contributed by atoms with Gasteiger partial charge in [-0.3, -0.25) is 9.59 Å². The molecule has 3 aliphatic rings. The van der Waals surface area contributed by atoms with E-state index in [1.807, 2.05) is 13.0 Å². The molecular formula is C26H38N2O3. The molecule has 2 amide bonds. The average molecular weight is 427 g/mol. The molecule has 1 heterocycles. The van der Waals surface area contributed by atoms with Gasteiger partial charge in [0.1, 0.15) is 5.75 Å². The Morgan fingerprint density at radius 3 is 2.48 bits per heavy atom. The number of hydrogen-bond donors (Lipinski definition) is 2. The molecule has 3 atom stereocenters. The predicted octanol–water partition coefficient (Wildman–Crippen LogP) is 4.15. The molecule has 1 unspecified atom stereocenters. The smallest absolute Gasteiger partial charge is 0.225 e. The third-order valence-corrected chi connectivity index (χ3v) is 9.41. The van der Waals surface area contributed by atoms with E-state index in [0.717, 1.165) is 50.6 Å². The van der Waals surface area contributed by atoms with Crippen LogP contribution in [-0.4, -0.2) is 34.4 Å². The van der Waals surface area contributed by atoms with E-state index < -0.39 is 0 Å². The lowest BCUT2D eigenvalue weighted by Crippen LogP contribution is -2.65. The van der Waals surface area contributed by atoms with E-state index >= 15 is 0 Å². The second-order valence-corrected chi connectivity index (χ2v) is 10.9. The molecule has 2 aliphatic carbocycles. The number of likely N-dealkylation sites (tertiary alicyclic amines) is 1. The summed E-state index contributed by atoms with van der Waals surface area (Å²) in [6.45, 7) is 9.69. The fraction of sp³-hybridized carbons (Fsp3) is 0.692. The minimum absolute atomic E-state index is 0.0348. The molecule has 0 radical (unpaired) electrons. The Morgan fingerprint density at radius 2 is 1.87 bits per heavy atom. The number of fused-ring (bicyclic) bond motifs is 4. The summed E-state index contributed by atoms with van der Waals surface area (Å²) >= 11 is 0. The second kappa shape index (κ2) is 7.83. The van der Waals surface area contributed by atoms with Crippen molar-refractivity contribution in [2.24, 2.45) is 28.9 Å². The molecule has 1 saturated carbocycles. The number of rotatable bonds is 4. The van der Waals surface area contributed by atoms with Crippen LogP contribution < -0.4 is 5.73 Å². The highest BCUT2D eigenvalue weighted by molar-refractivity contribution is 5.80. The number of phenolic OH excluding ortho intramolecular Hbond substituents is 1. The van der Waals surface area contributed by atoms with Crippen molar-refractivity contribution in [1.29, 1.82) is 0 Å². The summed E-state index contributed by atoms with van der Waals surface area (Å²) in [7, 11) is 0. The number of amides is 2. The quantitative estimate of drug-likeness (QED) is 0.759. The maximum atomic E-state index is 13.7. The first-order valence-electron chi connectivity index (χ1n) is 12.0. The number of nitrogens with zero attached hydrogens (tertiary/aromatic N) is 1.